The molecule has 1 unspecified atom stereocenters. The fourth-order valence-corrected chi connectivity index (χ4v) is 1.91. The van der Waals surface area contributed by atoms with Gasteiger partial charge in [0.1, 0.15) is 0 Å². The Labute approximate surface area is 116 Å². The van der Waals surface area contributed by atoms with Crippen LogP contribution >= 0.6 is 27.5 Å². The summed E-state index contributed by atoms with van der Waals surface area (Å²) in [6, 6.07) is 5.51. The number of hydrogen-bond acceptors (Lipinski definition) is 2. The van der Waals surface area contributed by atoms with Gasteiger partial charge in [-0.25, -0.2) is 0 Å². The molecule has 4 heteroatoms. The highest BCUT2D eigenvalue weighted by Crippen LogP contribution is 2.29. The van der Waals surface area contributed by atoms with E-state index in [9.17, 15) is 5.11 Å². The summed E-state index contributed by atoms with van der Waals surface area (Å²) < 4.78 is 6.16. The van der Waals surface area contributed by atoms with Crippen LogP contribution in [0.4, 0.5) is 0 Å². The molecule has 96 valence electrons. The molecule has 0 aliphatic carbocycles. The molecule has 0 fully saturated rings. The van der Waals surface area contributed by atoms with E-state index in [4.69, 9.17) is 16.3 Å². The molecule has 0 aromatic heterocycles. The van der Waals surface area contributed by atoms with Crippen LogP contribution in [-0.4, -0.2) is 17.8 Å². The van der Waals surface area contributed by atoms with Gasteiger partial charge in [-0.3, -0.25) is 0 Å². The minimum Gasteiger partial charge on any atom is -0.388 e. The van der Waals surface area contributed by atoms with Crippen LogP contribution in [0.25, 0.3) is 0 Å². The van der Waals surface area contributed by atoms with Crippen LogP contribution in [0.3, 0.4) is 0 Å². The van der Waals surface area contributed by atoms with E-state index >= 15 is 0 Å². The van der Waals surface area contributed by atoms with E-state index in [0.29, 0.717) is 11.4 Å². The Balaban J connectivity index is 2.64. The average Bonchev–Trinajstić information content (AvgIpc) is 2.30. The molecule has 1 aromatic carbocycles. The summed E-state index contributed by atoms with van der Waals surface area (Å²) in [5.74, 6) is 0. The zero-order valence-corrected chi connectivity index (χ0v) is 12.7. The molecule has 0 spiro atoms. The quantitative estimate of drug-likeness (QED) is 0.874. The number of halogens is 2. The highest BCUT2D eigenvalue weighted by atomic mass is 79.9. The van der Waals surface area contributed by atoms with E-state index in [0.717, 1.165) is 16.5 Å². The summed E-state index contributed by atoms with van der Waals surface area (Å²) in [5.41, 5.74) is 0.630. The smallest absolute Gasteiger partial charge is 0.0791 e. The van der Waals surface area contributed by atoms with Crippen molar-refractivity contribution in [3.8, 4) is 0 Å². The molecule has 0 amide bonds. The topological polar surface area (TPSA) is 29.5 Å². The highest BCUT2D eigenvalue weighted by Gasteiger charge is 2.19. The second-order valence-corrected chi connectivity index (χ2v) is 5.95. The van der Waals surface area contributed by atoms with Crippen molar-refractivity contribution in [2.45, 2.75) is 38.4 Å². The lowest BCUT2D eigenvalue weighted by molar-refractivity contribution is 0.00279. The first kappa shape index (κ1) is 15.0. The van der Waals surface area contributed by atoms with Gasteiger partial charge in [0, 0.05) is 11.6 Å². The summed E-state index contributed by atoms with van der Waals surface area (Å²) in [5, 5.41) is 10.7. The SMILES string of the molecule is COC(C)(C)CCC(O)c1ccc(Br)c(Cl)c1. The van der Waals surface area contributed by atoms with Crippen molar-refractivity contribution in [3.63, 3.8) is 0 Å². The normalized spacial score (nSPS) is 13.8. The van der Waals surface area contributed by atoms with Gasteiger partial charge in [-0.05, 0) is 60.3 Å². The zero-order valence-electron chi connectivity index (χ0n) is 10.3. The Kier molecular flexibility index (Phi) is 5.45. The maximum absolute atomic E-state index is 10.1. The van der Waals surface area contributed by atoms with Crippen LogP contribution in [0.5, 0.6) is 0 Å². The van der Waals surface area contributed by atoms with E-state index in [1.54, 1.807) is 13.2 Å². The number of ether oxygens (including phenoxy) is 1. The van der Waals surface area contributed by atoms with Gasteiger partial charge in [-0.1, -0.05) is 17.7 Å². The number of hydrogen-bond donors (Lipinski definition) is 1. The molecule has 0 aliphatic rings. The van der Waals surface area contributed by atoms with Gasteiger partial charge in [0.2, 0.25) is 0 Å². The molecular formula is C13H18BrClO2. The largest absolute Gasteiger partial charge is 0.388 e. The standard InChI is InChI=1S/C13H18BrClO2/c1-13(2,17-3)7-6-12(16)9-4-5-10(14)11(15)8-9/h4-5,8,12,16H,6-7H2,1-3H3. The molecule has 0 radical (unpaired) electrons. The average molecular weight is 322 g/mol. The second-order valence-electron chi connectivity index (χ2n) is 4.69. The molecular weight excluding hydrogens is 303 g/mol. The molecule has 1 atom stereocenters. The third-order valence-corrected chi connectivity index (χ3v) is 4.13. The predicted molar refractivity (Wildman–Crippen MR) is 74.4 cm³/mol. The first-order chi connectivity index (χ1) is 7.85. The molecule has 0 bridgehead atoms. The first-order valence-corrected chi connectivity index (χ1v) is 6.71. The van der Waals surface area contributed by atoms with Crippen molar-refractivity contribution in [3.05, 3.63) is 33.3 Å². The maximum atomic E-state index is 10.1. The van der Waals surface area contributed by atoms with E-state index in [-0.39, 0.29) is 5.60 Å². The van der Waals surface area contributed by atoms with E-state index < -0.39 is 6.10 Å². The fourth-order valence-electron chi connectivity index (χ4n) is 1.47. The van der Waals surface area contributed by atoms with Gasteiger partial charge < -0.3 is 9.84 Å². The molecule has 1 aromatic rings. The molecule has 0 heterocycles. The monoisotopic (exact) mass is 320 g/mol. The van der Waals surface area contributed by atoms with Gasteiger partial charge >= 0.3 is 0 Å². The summed E-state index contributed by atoms with van der Waals surface area (Å²) in [6.07, 6.45) is 0.937. The Morgan fingerprint density at radius 3 is 2.65 bits per heavy atom. The van der Waals surface area contributed by atoms with Crippen molar-refractivity contribution in [2.24, 2.45) is 0 Å². The summed E-state index contributed by atoms with van der Waals surface area (Å²) in [7, 11) is 1.68. The fraction of sp³-hybridized carbons (Fsp3) is 0.538. The molecule has 17 heavy (non-hydrogen) atoms. The number of methoxy groups -OCH3 is 1. The number of aliphatic hydroxyl groups excluding tert-OH is 1. The van der Waals surface area contributed by atoms with E-state index in [2.05, 4.69) is 15.9 Å². The lowest BCUT2D eigenvalue weighted by Crippen LogP contribution is -2.23. The van der Waals surface area contributed by atoms with Crippen molar-refractivity contribution in [2.75, 3.05) is 7.11 Å². The Bertz CT molecular complexity index is 380. The number of rotatable bonds is 5. The molecule has 2 nitrogen and oxygen atoms in total. The second kappa shape index (κ2) is 6.19. The zero-order chi connectivity index (χ0) is 13.1. The number of benzene rings is 1. The van der Waals surface area contributed by atoms with Gasteiger partial charge in [-0.2, -0.15) is 0 Å². The first-order valence-electron chi connectivity index (χ1n) is 5.54. The summed E-state index contributed by atoms with van der Waals surface area (Å²) in [6.45, 7) is 4.02. The maximum Gasteiger partial charge on any atom is 0.0791 e. The van der Waals surface area contributed by atoms with Crippen LogP contribution < -0.4 is 0 Å². The van der Waals surface area contributed by atoms with Gasteiger partial charge in [0.05, 0.1) is 16.7 Å². The van der Waals surface area contributed by atoms with E-state index in [1.807, 2.05) is 26.0 Å². The molecule has 0 saturated heterocycles. The van der Waals surface area contributed by atoms with Crippen LogP contribution in [0, 0.1) is 0 Å². The van der Waals surface area contributed by atoms with Crippen LogP contribution in [0.1, 0.15) is 38.4 Å². The van der Waals surface area contributed by atoms with Gasteiger partial charge in [-0.15, -0.1) is 0 Å². The Morgan fingerprint density at radius 1 is 1.47 bits per heavy atom. The van der Waals surface area contributed by atoms with Gasteiger partial charge in [0.15, 0.2) is 0 Å². The Hall–Kier alpha value is -0.0900. The number of aliphatic hydroxyl groups is 1. The lowest BCUT2D eigenvalue weighted by atomic mass is 9.97. The minimum absolute atomic E-state index is 0.208. The van der Waals surface area contributed by atoms with Crippen molar-refractivity contribution >= 4 is 27.5 Å². The Morgan fingerprint density at radius 2 is 2.12 bits per heavy atom. The molecule has 1 N–H and O–H groups in total. The summed E-state index contributed by atoms with van der Waals surface area (Å²) in [4.78, 5) is 0. The van der Waals surface area contributed by atoms with Crippen molar-refractivity contribution < 1.29 is 9.84 Å². The molecule has 1 rings (SSSR count). The van der Waals surface area contributed by atoms with Crippen LogP contribution in [0.15, 0.2) is 22.7 Å². The van der Waals surface area contributed by atoms with Gasteiger partial charge in [0.25, 0.3) is 0 Å². The molecule has 0 aliphatic heterocycles. The molecule has 0 saturated carbocycles. The van der Waals surface area contributed by atoms with Crippen molar-refractivity contribution in [1.82, 2.24) is 0 Å². The van der Waals surface area contributed by atoms with Crippen LogP contribution in [-0.2, 0) is 4.74 Å². The lowest BCUT2D eigenvalue weighted by Gasteiger charge is -2.24. The van der Waals surface area contributed by atoms with Crippen molar-refractivity contribution in [1.29, 1.82) is 0 Å². The third kappa shape index (κ3) is 4.59. The predicted octanol–water partition coefficient (Wildman–Crippen LogP) is 4.34. The highest BCUT2D eigenvalue weighted by molar-refractivity contribution is 9.10. The minimum atomic E-state index is -0.505. The third-order valence-electron chi connectivity index (χ3n) is 2.90. The van der Waals surface area contributed by atoms with E-state index in [1.165, 1.54) is 0 Å². The summed E-state index contributed by atoms with van der Waals surface area (Å²) >= 11 is 9.32. The van der Waals surface area contributed by atoms with Crippen LogP contribution in [0.2, 0.25) is 5.02 Å².